The molecule has 0 aliphatic carbocycles. The van der Waals surface area contributed by atoms with Gasteiger partial charge in [0.2, 0.25) is 11.7 Å². The van der Waals surface area contributed by atoms with Crippen LogP contribution in [-0.4, -0.2) is 40.8 Å². The van der Waals surface area contributed by atoms with Crippen molar-refractivity contribution in [1.29, 1.82) is 0 Å². The topological polar surface area (TPSA) is 119 Å². The number of carbonyl (C=O) groups excluding carboxylic acids is 4. The Hall–Kier alpha value is -2.93. The Bertz CT molecular complexity index is 850. The van der Waals surface area contributed by atoms with Gasteiger partial charge in [0.1, 0.15) is 18.3 Å². The molecule has 0 spiro atoms. The second kappa shape index (κ2) is 7.97. The fourth-order valence-corrected chi connectivity index (χ4v) is 2.57. The van der Waals surface area contributed by atoms with Crippen LogP contribution < -0.4 is 11.1 Å². The molecule has 0 radical (unpaired) electrons. The molecule has 0 bridgehead atoms. The summed E-state index contributed by atoms with van der Waals surface area (Å²) in [5, 5.41) is 3.22. The van der Waals surface area contributed by atoms with Gasteiger partial charge in [0.15, 0.2) is 5.54 Å². The fourth-order valence-electron chi connectivity index (χ4n) is 2.57. The smallest absolute Gasteiger partial charge is 0.249 e. The zero-order valence-corrected chi connectivity index (χ0v) is 14.6. The van der Waals surface area contributed by atoms with Crippen molar-refractivity contribution in [3.05, 3.63) is 42.1 Å². The lowest BCUT2D eigenvalue weighted by atomic mass is 9.80. The third-order valence-electron chi connectivity index (χ3n) is 4.32. The van der Waals surface area contributed by atoms with E-state index in [1.807, 2.05) is 12.1 Å². The Morgan fingerprint density at radius 2 is 1.88 bits per heavy atom. The van der Waals surface area contributed by atoms with Crippen molar-refractivity contribution in [2.24, 2.45) is 11.7 Å². The van der Waals surface area contributed by atoms with E-state index in [1.165, 1.54) is 6.07 Å². The molecule has 1 amide bonds. The van der Waals surface area contributed by atoms with Crippen LogP contribution in [0.1, 0.15) is 30.8 Å². The van der Waals surface area contributed by atoms with Gasteiger partial charge in [0.05, 0.1) is 11.6 Å². The van der Waals surface area contributed by atoms with Crippen LogP contribution in [0.2, 0.25) is 0 Å². The molecule has 0 aliphatic rings. The number of pyridine rings is 1. The molecule has 2 rings (SSSR count). The summed E-state index contributed by atoms with van der Waals surface area (Å²) in [5.74, 6) is -2.02. The van der Waals surface area contributed by atoms with Gasteiger partial charge in [-0.05, 0) is 18.1 Å². The van der Waals surface area contributed by atoms with Crippen LogP contribution in [0.3, 0.4) is 0 Å². The zero-order valence-electron chi connectivity index (χ0n) is 14.6. The molecule has 7 nitrogen and oxygen atoms in total. The molecule has 26 heavy (non-hydrogen) atoms. The number of amides is 1. The van der Waals surface area contributed by atoms with E-state index in [0.29, 0.717) is 18.1 Å². The quantitative estimate of drug-likeness (QED) is 0.415. The number of carbonyl (C=O) groups is 4. The van der Waals surface area contributed by atoms with Crippen LogP contribution in [0, 0.1) is 5.92 Å². The number of aromatic nitrogens is 1. The van der Waals surface area contributed by atoms with Crippen LogP contribution in [0.25, 0.3) is 10.9 Å². The first-order valence-corrected chi connectivity index (χ1v) is 8.24. The zero-order chi connectivity index (χ0) is 19.3. The molecule has 1 aromatic heterocycles. The van der Waals surface area contributed by atoms with Gasteiger partial charge in [-0.2, -0.15) is 0 Å². The van der Waals surface area contributed by atoms with Crippen molar-refractivity contribution in [1.82, 2.24) is 10.3 Å². The van der Waals surface area contributed by atoms with Crippen LogP contribution in [0.15, 0.2) is 36.4 Å². The number of fused-ring (bicyclic) bond motifs is 1. The number of Topliss-reactive ketones (excluding diaryl/α,β-unsaturated/α-hetero) is 1. The summed E-state index contributed by atoms with van der Waals surface area (Å²) in [5.41, 5.74) is 4.95. The average molecular weight is 355 g/mol. The molecule has 3 N–H and O–H groups in total. The van der Waals surface area contributed by atoms with Crippen molar-refractivity contribution in [2.75, 3.05) is 0 Å². The number of rotatable bonds is 8. The van der Waals surface area contributed by atoms with E-state index in [2.05, 4.69) is 10.3 Å². The predicted molar refractivity (Wildman–Crippen MR) is 96.5 cm³/mol. The van der Waals surface area contributed by atoms with Gasteiger partial charge in [0, 0.05) is 11.8 Å². The highest BCUT2D eigenvalue weighted by Crippen LogP contribution is 2.22. The lowest BCUT2D eigenvalue weighted by molar-refractivity contribution is -0.128. The van der Waals surface area contributed by atoms with Crippen molar-refractivity contribution < 1.29 is 19.2 Å². The largest absolute Gasteiger partial charge is 0.344 e. The number of nitrogens with zero attached hydrogens (tertiary/aromatic N) is 1. The normalized spacial score (nSPS) is 14.5. The van der Waals surface area contributed by atoms with Gasteiger partial charge in [0.25, 0.3) is 0 Å². The van der Waals surface area contributed by atoms with E-state index in [4.69, 9.17) is 5.73 Å². The molecule has 1 aromatic carbocycles. The number of aldehydes is 2. The van der Waals surface area contributed by atoms with Crippen molar-refractivity contribution in [3.8, 4) is 0 Å². The second-order valence-corrected chi connectivity index (χ2v) is 6.36. The van der Waals surface area contributed by atoms with Gasteiger partial charge in [-0.15, -0.1) is 0 Å². The van der Waals surface area contributed by atoms with Crippen LogP contribution in [0.4, 0.5) is 0 Å². The van der Waals surface area contributed by atoms with Gasteiger partial charge in [-0.1, -0.05) is 38.1 Å². The molecule has 136 valence electrons. The number of hydrogen-bond acceptors (Lipinski definition) is 6. The Kier molecular flexibility index (Phi) is 5.94. The molecule has 2 aromatic rings. The van der Waals surface area contributed by atoms with E-state index in [1.54, 1.807) is 32.0 Å². The lowest BCUT2D eigenvalue weighted by Crippen LogP contribution is -2.64. The Labute approximate surface area is 151 Å². The van der Waals surface area contributed by atoms with Gasteiger partial charge >= 0.3 is 0 Å². The van der Waals surface area contributed by atoms with Crippen molar-refractivity contribution in [2.45, 2.75) is 31.8 Å². The molecule has 0 fully saturated rings. The molecule has 0 aliphatic heterocycles. The Balaban J connectivity index is 2.39. The summed E-state index contributed by atoms with van der Waals surface area (Å²) in [6, 6.07) is 9.48. The van der Waals surface area contributed by atoms with Gasteiger partial charge in [-0.3, -0.25) is 9.59 Å². The van der Waals surface area contributed by atoms with E-state index in [9.17, 15) is 19.2 Å². The minimum absolute atomic E-state index is 0.0630. The van der Waals surface area contributed by atoms with Gasteiger partial charge in [-0.25, -0.2) is 4.98 Å². The first kappa shape index (κ1) is 19.4. The highest BCUT2D eigenvalue weighted by molar-refractivity contribution is 6.18. The average Bonchev–Trinajstić information content (AvgIpc) is 2.65. The number of hydrogen-bond donors (Lipinski definition) is 2. The number of ketones is 1. The maximum atomic E-state index is 13.0. The van der Waals surface area contributed by atoms with Gasteiger partial charge < -0.3 is 20.6 Å². The molecule has 0 saturated carbocycles. The van der Waals surface area contributed by atoms with E-state index < -0.39 is 29.2 Å². The molecule has 0 saturated heterocycles. The summed E-state index contributed by atoms with van der Waals surface area (Å²) in [4.78, 5) is 51.6. The summed E-state index contributed by atoms with van der Waals surface area (Å²) < 4.78 is 0. The van der Waals surface area contributed by atoms with E-state index in [-0.39, 0.29) is 12.1 Å². The maximum Gasteiger partial charge on any atom is 0.249 e. The molecule has 7 heteroatoms. The minimum Gasteiger partial charge on any atom is -0.344 e. The first-order valence-electron chi connectivity index (χ1n) is 8.24. The first-order chi connectivity index (χ1) is 12.3. The van der Waals surface area contributed by atoms with E-state index in [0.717, 1.165) is 5.39 Å². The lowest BCUT2D eigenvalue weighted by Gasteiger charge is -2.31. The number of nitrogens with one attached hydrogen (secondary N) is 1. The number of benzene rings is 1. The molecular weight excluding hydrogens is 334 g/mol. The third kappa shape index (κ3) is 3.67. The Morgan fingerprint density at radius 3 is 2.50 bits per heavy atom. The maximum absolute atomic E-state index is 13.0. The SMILES string of the molecule is CC(C)C(N)(C(=O)NC(C=O)CC=O)C(=O)c1ccc2ccccc2n1. The van der Waals surface area contributed by atoms with Crippen LogP contribution in [-0.2, 0) is 14.4 Å². The Morgan fingerprint density at radius 1 is 1.19 bits per heavy atom. The van der Waals surface area contributed by atoms with Crippen LogP contribution in [0.5, 0.6) is 0 Å². The summed E-state index contributed by atoms with van der Waals surface area (Å²) >= 11 is 0. The number of para-hydroxylation sites is 1. The third-order valence-corrected chi connectivity index (χ3v) is 4.32. The van der Waals surface area contributed by atoms with Crippen molar-refractivity contribution >= 4 is 35.2 Å². The second-order valence-electron chi connectivity index (χ2n) is 6.36. The highest BCUT2D eigenvalue weighted by atomic mass is 16.2. The molecule has 2 unspecified atom stereocenters. The summed E-state index contributed by atoms with van der Waals surface area (Å²) in [7, 11) is 0. The standard InChI is InChI=1S/C19H21N3O4/c1-12(2)19(20,18(26)21-14(11-24)9-10-23)17(25)16-8-7-13-5-3-4-6-15(13)22-16/h3-8,10-12,14H,9,20H2,1-2H3,(H,21,26). The monoisotopic (exact) mass is 355 g/mol. The minimum atomic E-state index is -1.92. The summed E-state index contributed by atoms with van der Waals surface area (Å²) in [6.07, 6.45) is 0.761. The van der Waals surface area contributed by atoms with E-state index >= 15 is 0 Å². The molecular formula is C19H21N3O4. The van der Waals surface area contributed by atoms with Crippen LogP contribution >= 0.6 is 0 Å². The molecule has 2 atom stereocenters. The summed E-state index contributed by atoms with van der Waals surface area (Å²) in [6.45, 7) is 3.27. The number of nitrogens with two attached hydrogens (primary N) is 1. The van der Waals surface area contributed by atoms with Crippen molar-refractivity contribution in [3.63, 3.8) is 0 Å². The highest BCUT2D eigenvalue weighted by Gasteiger charge is 2.46. The molecule has 1 heterocycles. The fraction of sp³-hybridized carbons (Fsp3) is 0.316. The predicted octanol–water partition coefficient (Wildman–Crippen LogP) is 1.04.